The first-order chi connectivity index (χ1) is 14.5. The van der Waals surface area contributed by atoms with Crippen molar-refractivity contribution in [3.05, 3.63) is 47.6 Å². The van der Waals surface area contributed by atoms with Crippen LogP contribution >= 0.6 is 11.3 Å². The minimum atomic E-state index is -3.97. The van der Waals surface area contributed by atoms with Crippen molar-refractivity contribution in [1.29, 1.82) is 0 Å². The molecule has 0 unspecified atom stereocenters. The largest absolute Gasteiger partial charge is 0.418 e. The fraction of sp³-hybridized carbons (Fsp3) is 0.350. The minimum absolute atomic E-state index is 0.0358. The highest BCUT2D eigenvalue weighted by Gasteiger charge is 2.28. The van der Waals surface area contributed by atoms with Gasteiger partial charge >= 0.3 is 0 Å². The highest BCUT2D eigenvalue weighted by Crippen LogP contribution is 2.34. The molecule has 0 aliphatic carbocycles. The average Bonchev–Trinajstić information content (AvgIpc) is 3.42. The Morgan fingerprint density at radius 1 is 1.17 bits per heavy atom. The molecule has 160 valence electrons. The van der Waals surface area contributed by atoms with Gasteiger partial charge in [-0.05, 0) is 48.7 Å². The molecular formula is C20H22FN3O4S2. The van der Waals surface area contributed by atoms with Crippen LogP contribution in [0.1, 0.15) is 6.42 Å². The van der Waals surface area contributed by atoms with Gasteiger partial charge in [0.25, 0.3) is 0 Å². The third-order valence-corrected chi connectivity index (χ3v) is 7.28. The van der Waals surface area contributed by atoms with Crippen molar-refractivity contribution in [2.24, 2.45) is 0 Å². The normalized spacial score (nSPS) is 15.4. The fourth-order valence-corrected chi connectivity index (χ4v) is 5.09. The van der Waals surface area contributed by atoms with Gasteiger partial charge in [0.2, 0.25) is 26.6 Å². The number of rotatable bonds is 8. The van der Waals surface area contributed by atoms with E-state index in [0.29, 0.717) is 6.54 Å². The zero-order chi connectivity index (χ0) is 21.0. The monoisotopic (exact) mass is 451 g/mol. The maximum Gasteiger partial charge on any atom is 0.240 e. The van der Waals surface area contributed by atoms with Gasteiger partial charge in [0.1, 0.15) is 5.82 Å². The Morgan fingerprint density at radius 3 is 2.63 bits per heavy atom. The number of halogens is 1. The molecule has 1 aromatic carbocycles. The van der Waals surface area contributed by atoms with Crippen LogP contribution in [0.25, 0.3) is 10.8 Å². The maximum atomic E-state index is 13.3. The maximum absolute atomic E-state index is 13.3. The Labute approximate surface area is 178 Å². The molecule has 0 radical (unpaired) electrons. The quantitative estimate of drug-likeness (QED) is 0.414. The molecule has 1 aliphatic rings. The van der Waals surface area contributed by atoms with Crippen LogP contribution in [0.2, 0.25) is 0 Å². The lowest BCUT2D eigenvalue weighted by molar-refractivity contribution is 0.0378. The van der Waals surface area contributed by atoms with Gasteiger partial charge in [0.05, 0.1) is 23.0 Å². The molecule has 10 heteroatoms. The number of aromatic nitrogens is 1. The molecule has 1 N–H and O–H groups in total. The smallest absolute Gasteiger partial charge is 0.240 e. The summed E-state index contributed by atoms with van der Waals surface area (Å²) in [6.07, 6.45) is 0.811. The lowest BCUT2D eigenvalue weighted by Crippen LogP contribution is -2.37. The summed E-state index contributed by atoms with van der Waals surface area (Å²) in [7, 11) is -3.97. The van der Waals surface area contributed by atoms with Crippen molar-refractivity contribution >= 4 is 27.1 Å². The number of ether oxygens (including phenoxy) is 1. The van der Waals surface area contributed by atoms with Crippen LogP contribution in [0.5, 0.6) is 0 Å². The lowest BCUT2D eigenvalue weighted by Gasteiger charge is -2.26. The number of hydrogen-bond acceptors (Lipinski definition) is 8. The van der Waals surface area contributed by atoms with Gasteiger partial charge in [-0.3, -0.25) is 4.90 Å². The van der Waals surface area contributed by atoms with Crippen molar-refractivity contribution in [2.45, 2.75) is 16.3 Å². The third kappa shape index (κ3) is 4.72. The van der Waals surface area contributed by atoms with Crippen LogP contribution in [0.15, 0.2) is 56.1 Å². The van der Waals surface area contributed by atoms with Gasteiger partial charge in [-0.1, -0.05) is 6.07 Å². The Bertz CT molecular complexity index is 1060. The van der Waals surface area contributed by atoms with Crippen molar-refractivity contribution in [1.82, 2.24) is 9.88 Å². The van der Waals surface area contributed by atoms with Crippen molar-refractivity contribution < 1.29 is 22.0 Å². The van der Waals surface area contributed by atoms with Crippen LogP contribution in [-0.4, -0.2) is 57.7 Å². The number of nitrogens with zero attached hydrogens (tertiary/aromatic N) is 2. The SMILES string of the molecule is O=S(=O)(c1ccc(F)cc1)c1nc(-c2cccs2)oc1NCCCN1CCOCC1. The van der Waals surface area contributed by atoms with E-state index < -0.39 is 15.7 Å². The number of thiophene rings is 1. The van der Waals surface area contributed by atoms with E-state index in [1.165, 1.54) is 23.5 Å². The highest BCUT2D eigenvalue weighted by atomic mass is 32.2. The standard InChI is InChI=1S/C20H22FN3O4S2/c21-15-4-6-16(7-5-15)30(25,26)20-19(28-18(23-20)17-3-1-14-29-17)22-8-2-9-24-10-12-27-13-11-24/h1,3-7,14,22H,2,8-13H2. The van der Waals surface area contributed by atoms with E-state index in [4.69, 9.17) is 9.15 Å². The van der Waals surface area contributed by atoms with Gasteiger partial charge in [-0.25, -0.2) is 12.8 Å². The number of sulfone groups is 1. The second-order valence-electron chi connectivity index (χ2n) is 6.82. The molecule has 0 saturated carbocycles. The van der Waals surface area contributed by atoms with Gasteiger partial charge in [-0.15, -0.1) is 11.3 Å². The number of anilines is 1. The van der Waals surface area contributed by atoms with E-state index >= 15 is 0 Å². The molecule has 2 aromatic heterocycles. The van der Waals surface area contributed by atoms with Crippen molar-refractivity contribution in [2.75, 3.05) is 44.7 Å². The summed E-state index contributed by atoms with van der Waals surface area (Å²) in [5.74, 6) is -0.166. The Kier molecular flexibility index (Phi) is 6.47. The van der Waals surface area contributed by atoms with Gasteiger partial charge in [0, 0.05) is 19.6 Å². The van der Waals surface area contributed by atoms with Crippen LogP contribution in [0.4, 0.5) is 10.3 Å². The number of hydrogen-bond donors (Lipinski definition) is 1. The zero-order valence-electron chi connectivity index (χ0n) is 16.2. The number of oxazole rings is 1. The molecule has 30 heavy (non-hydrogen) atoms. The highest BCUT2D eigenvalue weighted by molar-refractivity contribution is 7.91. The molecule has 1 fully saturated rings. The van der Waals surface area contributed by atoms with Crippen molar-refractivity contribution in [3.8, 4) is 10.8 Å². The summed E-state index contributed by atoms with van der Waals surface area (Å²) in [5, 5.41) is 4.76. The Hall–Kier alpha value is -2.27. The van der Waals surface area contributed by atoms with Gasteiger partial charge in [0.15, 0.2) is 0 Å². The first kappa shape index (κ1) is 21.0. The summed E-state index contributed by atoms with van der Waals surface area (Å²) in [6.45, 7) is 4.67. The number of benzene rings is 1. The number of nitrogens with one attached hydrogen (secondary N) is 1. The minimum Gasteiger partial charge on any atom is -0.418 e. The summed E-state index contributed by atoms with van der Waals surface area (Å²) in [6, 6.07) is 8.34. The zero-order valence-corrected chi connectivity index (χ0v) is 17.8. The summed E-state index contributed by atoms with van der Waals surface area (Å²) < 4.78 is 50.6. The molecule has 3 aromatic rings. The third-order valence-electron chi connectivity index (χ3n) is 4.75. The van der Waals surface area contributed by atoms with Crippen LogP contribution in [-0.2, 0) is 14.6 Å². The average molecular weight is 452 g/mol. The van der Waals surface area contributed by atoms with Crippen LogP contribution in [0.3, 0.4) is 0 Å². The molecule has 3 heterocycles. The van der Waals surface area contributed by atoms with E-state index in [0.717, 1.165) is 56.3 Å². The first-order valence-corrected chi connectivity index (χ1v) is 12.0. The summed E-state index contributed by atoms with van der Waals surface area (Å²) in [5.41, 5.74) is 0. The Balaban J connectivity index is 1.54. The predicted molar refractivity (Wildman–Crippen MR) is 112 cm³/mol. The van der Waals surface area contributed by atoms with Crippen LogP contribution in [0, 0.1) is 5.82 Å². The van der Waals surface area contributed by atoms with E-state index in [9.17, 15) is 12.8 Å². The second kappa shape index (κ2) is 9.25. The molecule has 1 aliphatic heterocycles. The fourth-order valence-electron chi connectivity index (χ4n) is 3.16. The van der Waals surface area contributed by atoms with Crippen molar-refractivity contribution in [3.63, 3.8) is 0 Å². The first-order valence-electron chi connectivity index (χ1n) is 9.63. The van der Waals surface area contributed by atoms with Gasteiger partial charge < -0.3 is 14.5 Å². The predicted octanol–water partition coefficient (Wildman–Crippen LogP) is 3.51. The van der Waals surface area contributed by atoms with E-state index in [2.05, 4.69) is 15.2 Å². The molecule has 7 nitrogen and oxygen atoms in total. The molecule has 0 amide bonds. The molecule has 1 saturated heterocycles. The van der Waals surface area contributed by atoms with Gasteiger partial charge in [-0.2, -0.15) is 4.98 Å². The number of morpholine rings is 1. The topological polar surface area (TPSA) is 84.7 Å². The summed E-state index contributed by atoms with van der Waals surface area (Å²) in [4.78, 5) is 7.26. The van der Waals surface area contributed by atoms with E-state index in [-0.39, 0.29) is 21.7 Å². The molecule has 0 atom stereocenters. The summed E-state index contributed by atoms with van der Waals surface area (Å²) >= 11 is 1.41. The molecule has 0 spiro atoms. The molecular weight excluding hydrogens is 429 g/mol. The molecule has 0 bridgehead atoms. The van der Waals surface area contributed by atoms with Crippen LogP contribution < -0.4 is 5.32 Å². The lowest BCUT2D eigenvalue weighted by atomic mass is 10.3. The van der Waals surface area contributed by atoms with E-state index in [1.54, 1.807) is 0 Å². The van der Waals surface area contributed by atoms with E-state index in [1.807, 2.05) is 17.5 Å². The second-order valence-corrected chi connectivity index (χ2v) is 9.63. The Morgan fingerprint density at radius 2 is 1.93 bits per heavy atom. The molecule has 4 rings (SSSR count).